The predicted octanol–water partition coefficient (Wildman–Crippen LogP) is -2.85. The molecule has 0 rings (SSSR count). The maximum Gasteiger partial charge on any atom is 1.00 e. The van der Waals surface area contributed by atoms with Gasteiger partial charge >= 0.3 is 35.5 Å². The van der Waals surface area contributed by atoms with Crippen LogP contribution in [0.3, 0.4) is 0 Å². The number of amides is 1. The van der Waals surface area contributed by atoms with Crippen molar-refractivity contribution in [1.82, 2.24) is 4.90 Å². The second-order valence-electron chi connectivity index (χ2n) is 1.95. The van der Waals surface area contributed by atoms with Gasteiger partial charge in [-0.3, -0.25) is 4.79 Å². The Balaban J connectivity index is -0.000000605. The summed E-state index contributed by atoms with van der Waals surface area (Å²) in [5, 5.41) is 8.56. The van der Waals surface area contributed by atoms with Crippen LogP contribution in [-0.4, -0.2) is 36.0 Å². The number of aliphatic hydroxyl groups excluding tert-OH is 1. The summed E-state index contributed by atoms with van der Waals surface area (Å²) in [4.78, 5) is 22.0. The van der Waals surface area contributed by atoms with E-state index in [0.29, 0.717) is 12.7 Å². The van der Waals surface area contributed by atoms with E-state index >= 15 is 0 Å². The monoisotopic (exact) mass is 197 g/mol. The molecular weight excluding hydrogens is 185 g/mol. The predicted molar refractivity (Wildman–Crippen MR) is 42.3 cm³/mol. The van der Waals surface area contributed by atoms with E-state index in [4.69, 9.17) is 5.11 Å². The third kappa shape index (κ3) is 4.92. The summed E-state index contributed by atoms with van der Waals surface area (Å²) in [6.45, 7) is 1.83. The summed E-state index contributed by atoms with van der Waals surface area (Å²) in [5.41, 5.74) is -0.188. The summed E-state index contributed by atoms with van der Waals surface area (Å²) in [7, 11) is 1.34. The summed E-state index contributed by atoms with van der Waals surface area (Å²) < 4.78 is 4.55. The van der Waals surface area contributed by atoms with E-state index in [1.807, 2.05) is 0 Å². The summed E-state index contributed by atoms with van der Waals surface area (Å²) >= 11 is 0. The zero-order valence-electron chi connectivity index (χ0n) is 8.98. The summed E-state index contributed by atoms with van der Waals surface area (Å²) in [5.74, 6) is -0.727. The van der Waals surface area contributed by atoms with E-state index in [2.05, 4.69) is 4.74 Å². The van der Waals surface area contributed by atoms with Gasteiger partial charge in [0.15, 0.2) is 5.70 Å². The van der Waals surface area contributed by atoms with Crippen LogP contribution in [0, 0.1) is 0 Å². The molecule has 6 heteroatoms. The maximum absolute atomic E-state index is 10.9. The van der Waals surface area contributed by atoms with Crippen molar-refractivity contribution in [2.45, 2.75) is 6.92 Å². The van der Waals surface area contributed by atoms with Crippen molar-refractivity contribution >= 4 is 12.4 Å². The molecule has 13 heavy (non-hydrogen) atoms. The largest absolute Gasteiger partial charge is 1.00 e. The molecule has 0 radical (unpaired) electrons. The molecule has 0 unspecified atom stereocenters. The standard InChI is InChI=1S/C7H11NO4.Na.H/c1-3-12-7(11)6(4-9)8(2)5-10;;/h4-5,9H,3H2,1-2H3;;/q;+1;-1/b6-4+;;. The number of hydrogen-bond acceptors (Lipinski definition) is 4. The number of ether oxygens (including phenoxy) is 1. The van der Waals surface area contributed by atoms with Crippen LogP contribution in [-0.2, 0) is 14.3 Å². The zero-order valence-corrected chi connectivity index (χ0v) is 9.98. The minimum Gasteiger partial charge on any atom is -1.00 e. The molecule has 1 amide bonds. The Morgan fingerprint density at radius 3 is 2.54 bits per heavy atom. The van der Waals surface area contributed by atoms with E-state index in [-0.39, 0.29) is 43.3 Å². The van der Waals surface area contributed by atoms with Crippen LogP contribution in [0.15, 0.2) is 12.0 Å². The quantitative estimate of drug-likeness (QED) is 0.173. The van der Waals surface area contributed by atoms with Crippen molar-refractivity contribution in [2.75, 3.05) is 13.7 Å². The first-order valence-electron chi connectivity index (χ1n) is 3.37. The van der Waals surface area contributed by atoms with Crippen LogP contribution in [0.25, 0.3) is 0 Å². The molecule has 5 nitrogen and oxygen atoms in total. The molecule has 0 fully saturated rings. The summed E-state index contributed by atoms with van der Waals surface area (Å²) in [6, 6.07) is 0. The Bertz CT molecular complexity index is 210. The molecule has 0 bridgehead atoms. The van der Waals surface area contributed by atoms with Crippen molar-refractivity contribution in [3.05, 3.63) is 12.0 Å². The van der Waals surface area contributed by atoms with Gasteiger partial charge in [-0.2, -0.15) is 0 Å². The van der Waals surface area contributed by atoms with Gasteiger partial charge < -0.3 is 16.2 Å². The minimum absolute atomic E-state index is 0. The van der Waals surface area contributed by atoms with Crippen LogP contribution in [0.2, 0.25) is 0 Å². The third-order valence-electron chi connectivity index (χ3n) is 1.14. The first-order chi connectivity index (χ1) is 5.67. The fraction of sp³-hybridized carbons (Fsp3) is 0.429. The molecule has 0 spiro atoms. The van der Waals surface area contributed by atoms with Gasteiger partial charge in [-0.05, 0) is 6.92 Å². The minimum atomic E-state index is -0.727. The number of aliphatic hydroxyl groups is 1. The number of nitrogens with zero attached hydrogens (tertiary/aromatic N) is 1. The van der Waals surface area contributed by atoms with Gasteiger partial charge in [-0.15, -0.1) is 0 Å². The Labute approximate surface area is 100 Å². The number of esters is 1. The van der Waals surface area contributed by atoms with Gasteiger partial charge in [-0.25, -0.2) is 4.79 Å². The number of rotatable bonds is 4. The Morgan fingerprint density at radius 1 is 1.69 bits per heavy atom. The van der Waals surface area contributed by atoms with E-state index in [1.54, 1.807) is 6.92 Å². The van der Waals surface area contributed by atoms with E-state index < -0.39 is 5.97 Å². The first-order valence-corrected chi connectivity index (χ1v) is 3.37. The average Bonchev–Trinajstić information content (AvgIpc) is 2.06. The Hall–Kier alpha value is -0.520. The van der Waals surface area contributed by atoms with E-state index in [9.17, 15) is 9.59 Å². The smallest absolute Gasteiger partial charge is 1.00 e. The molecule has 0 aromatic rings. The SMILES string of the molecule is CCOC(=O)/C(=C\O)N(C)C=O.[H-].[Na+]. The molecular formula is C7H12NNaO4. The molecule has 0 saturated heterocycles. The number of hydrogen-bond donors (Lipinski definition) is 1. The van der Waals surface area contributed by atoms with Crippen LogP contribution in [0.5, 0.6) is 0 Å². The van der Waals surface area contributed by atoms with Crippen molar-refractivity contribution in [3.8, 4) is 0 Å². The number of carbonyl (C=O) groups is 2. The van der Waals surface area contributed by atoms with Crippen LogP contribution in [0.4, 0.5) is 0 Å². The first kappa shape index (κ1) is 15.0. The molecule has 0 aliphatic carbocycles. The molecule has 0 aliphatic rings. The molecule has 0 aromatic heterocycles. The molecule has 0 saturated carbocycles. The van der Waals surface area contributed by atoms with Crippen molar-refractivity contribution < 1.29 is 50.4 Å². The van der Waals surface area contributed by atoms with Crippen LogP contribution >= 0.6 is 0 Å². The molecule has 0 atom stereocenters. The van der Waals surface area contributed by atoms with E-state index in [0.717, 1.165) is 4.90 Å². The molecule has 70 valence electrons. The van der Waals surface area contributed by atoms with Gasteiger partial charge in [0.2, 0.25) is 6.41 Å². The van der Waals surface area contributed by atoms with Gasteiger partial charge in [0.25, 0.3) is 0 Å². The van der Waals surface area contributed by atoms with Crippen molar-refractivity contribution in [1.29, 1.82) is 0 Å². The maximum atomic E-state index is 10.9. The fourth-order valence-electron chi connectivity index (χ4n) is 0.550. The second kappa shape index (κ2) is 8.10. The Morgan fingerprint density at radius 2 is 2.23 bits per heavy atom. The number of carbonyl (C=O) groups excluding carboxylic acids is 2. The zero-order chi connectivity index (χ0) is 9.56. The number of likely N-dealkylation sites (N-methyl/N-ethyl adjacent to an activating group) is 1. The van der Waals surface area contributed by atoms with E-state index in [1.165, 1.54) is 7.05 Å². The fourth-order valence-corrected chi connectivity index (χ4v) is 0.550. The molecule has 0 aromatic carbocycles. The van der Waals surface area contributed by atoms with Gasteiger partial charge in [-0.1, -0.05) is 0 Å². The van der Waals surface area contributed by atoms with Crippen LogP contribution < -0.4 is 29.6 Å². The normalized spacial score (nSPS) is 9.85. The molecule has 1 N–H and O–H groups in total. The topological polar surface area (TPSA) is 66.8 Å². The third-order valence-corrected chi connectivity index (χ3v) is 1.14. The average molecular weight is 197 g/mol. The van der Waals surface area contributed by atoms with Gasteiger partial charge in [0.1, 0.15) is 6.26 Å². The van der Waals surface area contributed by atoms with Gasteiger partial charge in [0.05, 0.1) is 6.61 Å². The molecule has 0 aliphatic heterocycles. The van der Waals surface area contributed by atoms with Crippen LogP contribution in [0.1, 0.15) is 8.35 Å². The Kier molecular flexibility index (Phi) is 9.33. The van der Waals surface area contributed by atoms with Gasteiger partial charge in [0, 0.05) is 7.05 Å². The van der Waals surface area contributed by atoms with Crippen molar-refractivity contribution in [3.63, 3.8) is 0 Å². The summed E-state index contributed by atoms with van der Waals surface area (Å²) in [6.07, 6.45) is 0.936. The van der Waals surface area contributed by atoms with Crippen molar-refractivity contribution in [2.24, 2.45) is 0 Å². The second-order valence-corrected chi connectivity index (χ2v) is 1.95. The molecule has 0 heterocycles.